The summed E-state index contributed by atoms with van der Waals surface area (Å²) in [6.45, 7) is 0.0495. The molecule has 0 radical (unpaired) electrons. The van der Waals surface area contributed by atoms with Gasteiger partial charge in [0.1, 0.15) is 11.5 Å². The highest BCUT2D eigenvalue weighted by Crippen LogP contribution is 2.24. The number of methoxy groups -OCH3 is 2. The van der Waals surface area contributed by atoms with Crippen LogP contribution in [0.5, 0.6) is 11.5 Å². The molecule has 0 bridgehead atoms. The zero-order valence-electron chi connectivity index (χ0n) is 18.2. The van der Waals surface area contributed by atoms with Crippen molar-refractivity contribution in [3.8, 4) is 22.9 Å². The third kappa shape index (κ3) is 5.21. The maximum atomic E-state index is 13.4. The van der Waals surface area contributed by atoms with E-state index in [0.29, 0.717) is 17.3 Å². The lowest BCUT2D eigenvalue weighted by Crippen LogP contribution is -2.30. The third-order valence-corrected chi connectivity index (χ3v) is 6.83. The van der Waals surface area contributed by atoms with Crippen molar-refractivity contribution < 1.29 is 22.4 Å². The lowest BCUT2D eigenvalue weighted by Gasteiger charge is -2.21. The van der Waals surface area contributed by atoms with Crippen LogP contribution in [-0.4, -0.2) is 37.1 Å². The number of hydrogen-bond acceptors (Lipinski definition) is 7. The van der Waals surface area contributed by atoms with Crippen molar-refractivity contribution in [2.75, 3.05) is 14.2 Å². The highest BCUT2D eigenvalue weighted by Gasteiger charge is 2.27. The Labute approximate surface area is 192 Å². The molecule has 170 valence electrons. The lowest BCUT2D eigenvalue weighted by molar-refractivity contribution is 0.312. The van der Waals surface area contributed by atoms with Gasteiger partial charge in [-0.2, -0.15) is 9.29 Å². The zero-order chi connectivity index (χ0) is 23.3. The van der Waals surface area contributed by atoms with Crippen LogP contribution in [0.25, 0.3) is 11.4 Å². The molecule has 1 heterocycles. The first kappa shape index (κ1) is 22.5. The standard InChI is InChI=1S/C24H23N3O5S/c1-30-20-12-8-18(9-13-20)16-27(33(28,29)22-6-4-3-5-7-22)17-23-25-24(26-32-23)19-10-14-21(31-2)15-11-19/h3-15H,16-17H2,1-2H3. The van der Waals surface area contributed by atoms with Gasteiger partial charge in [0.15, 0.2) is 0 Å². The molecule has 0 unspecified atom stereocenters. The van der Waals surface area contributed by atoms with Gasteiger partial charge in [0.25, 0.3) is 0 Å². The van der Waals surface area contributed by atoms with E-state index in [0.717, 1.165) is 11.1 Å². The maximum Gasteiger partial charge on any atom is 0.243 e. The second kappa shape index (κ2) is 9.85. The normalized spacial score (nSPS) is 11.5. The minimum absolute atomic E-state index is 0.0770. The molecule has 4 aromatic rings. The van der Waals surface area contributed by atoms with E-state index >= 15 is 0 Å². The van der Waals surface area contributed by atoms with Crippen molar-refractivity contribution in [2.24, 2.45) is 0 Å². The SMILES string of the molecule is COc1ccc(CN(Cc2nc(-c3ccc(OC)cc3)no2)S(=O)(=O)c2ccccc2)cc1. The molecular weight excluding hydrogens is 442 g/mol. The Morgan fingerprint density at radius 3 is 2.03 bits per heavy atom. The van der Waals surface area contributed by atoms with Crippen LogP contribution in [-0.2, 0) is 23.1 Å². The van der Waals surface area contributed by atoms with Gasteiger partial charge in [0.05, 0.1) is 25.7 Å². The van der Waals surface area contributed by atoms with Gasteiger partial charge in [-0.3, -0.25) is 0 Å². The molecule has 0 saturated heterocycles. The van der Waals surface area contributed by atoms with E-state index in [2.05, 4.69) is 10.1 Å². The van der Waals surface area contributed by atoms with Gasteiger partial charge in [-0.15, -0.1) is 0 Å². The average Bonchev–Trinajstić information content (AvgIpc) is 3.33. The van der Waals surface area contributed by atoms with Crippen LogP contribution < -0.4 is 9.47 Å². The van der Waals surface area contributed by atoms with E-state index in [-0.39, 0.29) is 23.9 Å². The highest BCUT2D eigenvalue weighted by atomic mass is 32.2. The molecule has 0 fully saturated rings. The summed E-state index contributed by atoms with van der Waals surface area (Å²) in [5, 5.41) is 4.01. The summed E-state index contributed by atoms with van der Waals surface area (Å²) >= 11 is 0. The Hall–Kier alpha value is -3.69. The van der Waals surface area contributed by atoms with Gasteiger partial charge in [0.2, 0.25) is 21.7 Å². The molecular formula is C24H23N3O5S. The van der Waals surface area contributed by atoms with Gasteiger partial charge in [0, 0.05) is 12.1 Å². The lowest BCUT2D eigenvalue weighted by atomic mass is 10.2. The zero-order valence-corrected chi connectivity index (χ0v) is 19.0. The summed E-state index contributed by atoms with van der Waals surface area (Å²) < 4.78 is 43.9. The van der Waals surface area contributed by atoms with E-state index in [1.165, 1.54) is 4.31 Å². The van der Waals surface area contributed by atoms with Crippen LogP contribution in [0.2, 0.25) is 0 Å². The van der Waals surface area contributed by atoms with Crippen molar-refractivity contribution in [3.05, 3.63) is 90.3 Å². The number of benzene rings is 3. The van der Waals surface area contributed by atoms with Gasteiger partial charge >= 0.3 is 0 Å². The molecule has 8 nitrogen and oxygen atoms in total. The number of ether oxygens (including phenoxy) is 2. The summed E-state index contributed by atoms with van der Waals surface area (Å²) in [4.78, 5) is 4.60. The van der Waals surface area contributed by atoms with Gasteiger partial charge < -0.3 is 14.0 Å². The van der Waals surface area contributed by atoms with Crippen LogP contribution in [0, 0.1) is 0 Å². The molecule has 0 atom stereocenters. The van der Waals surface area contributed by atoms with Crippen molar-refractivity contribution in [3.63, 3.8) is 0 Å². The molecule has 33 heavy (non-hydrogen) atoms. The van der Waals surface area contributed by atoms with E-state index in [1.807, 2.05) is 24.3 Å². The van der Waals surface area contributed by atoms with E-state index in [9.17, 15) is 8.42 Å². The monoisotopic (exact) mass is 465 g/mol. The third-order valence-electron chi connectivity index (χ3n) is 5.03. The van der Waals surface area contributed by atoms with Crippen molar-refractivity contribution in [1.29, 1.82) is 0 Å². The highest BCUT2D eigenvalue weighted by molar-refractivity contribution is 7.89. The van der Waals surface area contributed by atoms with Crippen molar-refractivity contribution >= 4 is 10.0 Å². The Morgan fingerprint density at radius 1 is 0.818 bits per heavy atom. The minimum Gasteiger partial charge on any atom is -0.497 e. The van der Waals surface area contributed by atoms with Crippen LogP contribution in [0.4, 0.5) is 0 Å². The Kier molecular flexibility index (Phi) is 6.71. The predicted octanol–water partition coefficient (Wildman–Crippen LogP) is 4.14. The Bertz CT molecular complexity index is 1290. The van der Waals surface area contributed by atoms with Crippen LogP contribution >= 0.6 is 0 Å². The fraction of sp³-hybridized carbons (Fsp3) is 0.167. The summed E-state index contributed by atoms with van der Waals surface area (Å²) in [5.74, 6) is 1.96. The van der Waals surface area contributed by atoms with Gasteiger partial charge in [-0.25, -0.2) is 8.42 Å². The number of sulfonamides is 1. The first-order chi connectivity index (χ1) is 16.0. The van der Waals surface area contributed by atoms with Crippen molar-refractivity contribution in [1.82, 2.24) is 14.4 Å². The second-order valence-corrected chi connectivity index (χ2v) is 9.11. The molecule has 3 aromatic carbocycles. The van der Waals surface area contributed by atoms with Crippen molar-refractivity contribution in [2.45, 2.75) is 18.0 Å². The molecule has 1 aromatic heterocycles. The van der Waals surface area contributed by atoms with E-state index in [1.54, 1.807) is 68.8 Å². The summed E-state index contributed by atoms with van der Waals surface area (Å²) in [7, 11) is -0.650. The van der Waals surface area contributed by atoms with Crippen LogP contribution in [0.3, 0.4) is 0 Å². The van der Waals surface area contributed by atoms with Crippen LogP contribution in [0.1, 0.15) is 11.5 Å². The molecule has 4 rings (SSSR count). The van der Waals surface area contributed by atoms with E-state index in [4.69, 9.17) is 14.0 Å². The fourth-order valence-corrected chi connectivity index (χ4v) is 4.63. The molecule has 0 N–H and O–H groups in total. The Balaban J connectivity index is 1.62. The first-order valence-electron chi connectivity index (χ1n) is 10.1. The minimum atomic E-state index is -3.82. The number of nitrogens with zero attached hydrogens (tertiary/aromatic N) is 3. The smallest absolute Gasteiger partial charge is 0.243 e. The summed E-state index contributed by atoms with van der Waals surface area (Å²) in [5.41, 5.74) is 1.53. The van der Waals surface area contributed by atoms with Crippen LogP contribution in [0.15, 0.2) is 88.3 Å². The fourth-order valence-electron chi connectivity index (χ4n) is 3.23. The number of hydrogen-bond donors (Lipinski definition) is 0. The topological polar surface area (TPSA) is 94.8 Å². The van der Waals surface area contributed by atoms with Gasteiger partial charge in [-0.1, -0.05) is 35.5 Å². The van der Waals surface area contributed by atoms with E-state index < -0.39 is 10.0 Å². The Morgan fingerprint density at radius 2 is 1.42 bits per heavy atom. The average molecular weight is 466 g/mol. The first-order valence-corrected chi connectivity index (χ1v) is 11.6. The predicted molar refractivity (Wildman–Crippen MR) is 122 cm³/mol. The maximum absolute atomic E-state index is 13.4. The largest absolute Gasteiger partial charge is 0.497 e. The molecule has 0 aliphatic heterocycles. The summed E-state index contributed by atoms with van der Waals surface area (Å²) in [6.07, 6.45) is 0. The molecule has 9 heteroatoms. The summed E-state index contributed by atoms with van der Waals surface area (Å²) in [6, 6.07) is 22.7. The molecule has 0 spiro atoms. The number of rotatable bonds is 9. The molecule has 0 aliphatic carbocycles. The second-order valence-electron chi connectivity index (χ2n) is 7.17. The molecule has 0 aliphatic rings. The molecule has 0 saturated carbocycles. The quantitative estimate of drug-likeness (QED) is 0.367. The number of aromatic nitrogens is 2. The molecule has 0 amide bonds. The van der Waals surface area contributed by atoms with Gasteiger partial charge in [-0.05, 0) is 54.1 Å².